The summed E-state index contributed by atoms with van der Waals surface area (Å²) in [4.78, 5) is 31.0. The number of nitrogens with zero attached hydrogens (tertiary/aromatic N) is 3. The quantitative estimate of drug-likeness (QED) is 0.729. The molecule has 1 aromatic carbocycles. The Balaban J connectivity index is 1.67. The van der Waals surface area contributed by atoms with Crippen LogP contribution in [0.25, 0.3) is 0 Å². The highest BCUT2D eigenvalue weighted by Gasteiger charge is 2.35. The third-order valence-corrected chi connectivity index (χ3v) is 5.30. The van der Waals surface area contributed by atoms with Crippen LogP contribution in [0.3, 0.4) is 0 Å². The van der Waals surface area contributed by atoms with E-state index < -0.39 is 0 Å². The van der Waals surface area contributed by atoms with Crippen molar-refractivity contribution in [3.63, 3.8) is 0 Å². The van der Waals surface area contributed by atoms with Crippen molar-refractivity contribution in [2.24, 2.45) is 5.92 Å². The summed E-state index contributed by atoms with van der Waals surface area (Å²) in [7, 11) is 3.78. The van der Waals surface area contributed by atoms with Gasteiger partial charge >= 0.3 is 0 Å². The molecule has 0 spiro atoms. The summed E-state index contributed by atoms with van der Waals surface area (Å²) in [6.07, 6.45) is 1.05. The van der Waals surface area contributed by atoms with Crippen LogP contribution in [-0.2, 0) is 14.3 Å². The molecule has 2 heterocycles. The number of rotatable bonds is 6. The number of benzene rings is 1. The Bertz CT molecular complexity index is 646. The van der Waals surface area contributed by atoms with Gasteiger partial charge in [-0.3, -0.25) is 9.59 Å². The van der Waals surface area contributed by atoms with Crippen molar-refractivity contribution < 1.29 is 19.1 Å². The van der Waals surface area contributed by atoms with Crippen molar-refractivity contribution in [2.75, 3.05) is 60.0 Å². The highest BCUT2D eigenvalue weighted by molar-refractivity contribution is 5.79. The van der Waals surface area contributed by atoms with Gasteiger partial charge in [0.25, 0.3) is 0 Å². The maximum absolute atomic E-state index is 12.8. The molecule has 1 aromatic rings. The Labute approximate surface area is 167 Å². The van der Waals surface area contributed by atoms with Crippen LogP contribution in [0.1, 0.15) is 12.8 Å². The molecule has 0 saturated carbocycles. The van der Waals surface area contributed by atoms with Gasteiger partial charge in [0.2, 0.25) is 11.8 Å². The summed E-state index contributed by atoms with van der Waals surface area (Å²) in [5, 5.41) is 0. The summed E-state index contributed by atoms with van der Waals surface area (Å²) in [6.45, 7) is 4.06. The molecule has 0 radical (unpaired) electrons. The standard InChI is InChI=1S/C21H31N3O4/c1-22(2)16-21(26)24-9-8-19(28-18-6-4-3-5-7-18)17(15-24)14-20(25)23-10-12-27-13-11-23/h3-7,17,19H,8-16H2,1-2H3/t17-,19-/m0/s1. The van der Waals surface area contributed by atoms with Crippen LogP contribution in [0.5, 0.6) is 5.75 Å². The predicted molar refractivity (Wildman–Crippen MR) is 106 cm³/mol. The van der Waals surface area contributed by atoms with E-state index in [2.05, 4.69) is 0 Å². The van der Waals surface area contributed by atoms with Crippen LogP contribution in [0.4, 0.5) is 0 Å². The Morgan fingerprint density at radius 3 is 2.46 bits per heavy atom. The number of piperidine rings is 1. The average molecular weight is 389 g/mol. The zero-order valence-electron chi connectivity index (χ0n) is 16.9. The number of likely N-dealkylation sites (N-methyl/N-ethyl adjacent to an activating group) is 1. The molecule has 154 valence electrons. The third-order valence-electron chi connectivity index (χ3n) is 5.30. The molecule has 7 nitrogen and oxygen atoms in total. The van der Waals surface area contributed by atoms with Crippen LogP contribution >= 0.6 is 0 Å². The molecule has 2 amide bonds. The lowest BCUT2D eigenvalue weighted by Gasteiger charge is -2.39. The van der Waals surface area contributed by atoms with Crippen LogP contribution in [-0.4, -0.2) is 92.7 Å². The zero-order valence-corrected chi connectivity index (χ0v) is 16.9. The fourth-order valence-corrected chi connectivity index (χ4v) is 3.80. The number of morpholine rings is 1. The maximum Gasteiger partial charge on any atom is 0.236 e. The summed E-state index contributed by atoms with van der Waals surface area (Å²) in [6, 6.07) is 9.71. The van der Waals surface area contributed by atoms with E-state index in [0.717, 1.165) is 12.2 Å². The predicted octanol–water partition coefficient (Wildman–Crippen LogP) is 1.09. The fourth-order valence-electron chi connectivity index (χ4n) is 3.80. The summed E-state index contributed by atoms with van der Waals surface area (Å²) in [5.74, 6) is 1.02. The lowest BCUT2D eigenvalue weighted by atomic mass is 9.90. The second-order valence-corrected chi connectivity index (χ2v) is 7.79. The largest absolute Gasteiger partial charge is 0.490 e. The molecular weight excluding hydrogens is 358 g/mol. The molecule has 0 N–H and O–H groups in total. The Kier molecular flexibility index (Phi) is 7.28. The zero-order chi connectivity index (χ0) is 19.9. The molecule has 2 aliphatic heterocycles. The first-order valence-corrected chi connectivity index (χ1v) is 10.0. The molecule has 0 aromatic heterocycles. The number of carbonyl (C=O) groups is 2. The Morgan fingerprint density at radius 1 is 1.07 bits per heavy atom. The first-order chi connectivity index (χ1) is 13.5. The smallest absolute Gasteiger partial charge is 0.236 e. The van der Waals surface area contributed by atoms with Gasteiger partial charge in [-0.1, -0.05) is 18.2 Å². The number of amides is 2. The van der Waals surface area contributed by atoms with Crippen molar-refractivity contribution in [1.29, 1.82) is 0 Å². The number of carbonyl (C=O) groups excluding carboxylic acids is 2. The van der Waals surface area contributed by atoms with Gasteiger partial charge in [0, 0.05) is 44.9 Å². The second-order valence-electron chi connectivity index (χ2n) is 7.79. The Morgan fingerprint density at radius 2 is 1.79 bits per heavy atom. The highest BCUT2D eigenvalue weighted by atomic mass is 16.5. The molecule has 2 aliphatic rings. The molecule has 7 heteroatoms. The minimum absolute atomic E-state index is 0.0181. The van der Waals surface area contributed by atoms with Crippen LogP contribution in [0.2, 0.25) is 0 Å². The molecule has 2 atom stereocenters. The van der Waals surface area contributed by atoms with Gasteiger partial charge in [-0.05, 0) is 26.2 Å². The fraction of sp³-hybridized carbons (Fsp3) is 0.619. The SMILES string of the molecule is CN(C)CC(=O)N1CC[C@H](Oc2ccccc2)[C@@H](CC(=O)N2CCOCC2)C1. The maximum atomic E-state index is 12.8. The van der Waals surface area contributed by atoms with Gasteiger partial charge in [0.1, 0.15) is 11.9 Å². The van der Waals surface area contributed by atoms with Gasteiger partial charge in [-0.2, -0.15) is 0 Å². The summed E-state index contributed by atoms with van der Waals surface area (Å²) in [5.41, 5.74) is 0. The molecular formula is C21H31N3O4. The number of hydrogen-bond donors (Lipinski definition) is 0. The van der Waals surface area contributed by atoms with Gasteiger partial charge < -0.3 is 24.2 Å². The van der Waals surface area contributed by atoms with Gasteiger partial charge in [0.15, 0.2) is 0 Å². The van der Waals surface area contributed by atoms with Crippen molar-refractivity contribution in [3.05, 3.63) is 30.3 Å². The number of likely N-dealkylation sites (tertiary alicyclic amines) is 1. The lowest BCUT2D eigenvalue weighted by Crippen LogP contribution is -2.51. The molecule has 2 saturated heterocycles. The van der Waals surface area contributed by atoms with Crippen molar-refractivity contribution in [2.45, 2.75) is 18.9 Å². The Hall–Kier alpha value is -2.12. The molecule has 0 aliphatic carbocycles. The molecule has 0 unspecified atom stereocenters. The first kappa shape index (κ1) is 20.6. The van der Waals surface area contributed by atoms with E-state index in [1.165, 1.54) is 0 Å². The van der Waals surface area contributed by atoms with Crippen LogP contribution in [0, 0.1) is 5.92 Å². The average Bonchev–Trinajstić information content (AvgIpc) is 2.70. The summed E-state index contributed by atoms with van der Waals surface area (Å²) >= 11 is 0. The van der Waals surface area contributed by atoms with E-state index in [9.17, 15) is 9.59 Å². The monoisotopic (exact) mass is 389 g/mol. The minimum Gasteiger partial charge on any atom is -0.490 e. The highest BCUT2D eigenvalue weighted by Crippen LogP contribution is 2.26. The van der Waals surface area contributed by atoms with E-state index in [1.807, 2.05) is 59.1 Å². The molecule has 28 heavy (non-hydrogen) atoms. The van der Waals surface area contributed by atoms with Gasteiger partial charge in [0.05, 0.1) is 19.8 Å². The van der Waals surface area contributed by atoms with E-state index in [-0.39, 0.29) is 23.8 Å². The number of para-hydroxylation sites is 1. The molecule has 0 bridgehead atoms. The van der Waals surface area contributed by atoms with Crippen molar-refractivity contribution in [1.82, 2.24) is 14.7 Å². The summed E-state index contributed by atoms with van der Waals surface area (Å²) < 4.78 is 11.6. The lowest BCUT2D eigenvalue weighted by molar-refractivity contribution is -0.141. The molecule has 2 fully saturated rings. The number of ether oxygens (including phenoxy) is 2. The molecule has 3 rings (SSSR count). The minimum atomic E-state index is -0.0733. The van der Waals surface area contributed by atoms with Crippen molar-refractivity contribution >= 4 is 11.8 Å². The van der Waals surface area contributed by atoms with E-state index in [4.69, 9.17) is 9.47 Å². The van der Waals surface area contributed by atoms with Crippen LogP contribution < -0.4 is 4.74 Å². The van der Waals surface area contributed by atoms with Crippen LogP contribution in [0.15, 0.2) is 30.3 Å². The normalized spacial score (nSPS) is 23.0. The van der Waals surface area contributed by atoms with E-state index in [1.54, 1.807) is 0 Å². The number of hydrogen-bond acceptors (Lipinski definition) is 5. The third kappa shape index (κ3) is 5.69. The second kappa shape index (κ2) is 9.89. The van der Waals surface area contributed by atoms with E-state index >= 15 is 0 Å². The van der Waals surface area contributed by atoms with Gasteiger partial charge in [-0.15, -0.1) is 0 Å². The van der Waals surface area contributed by atoms with Gasteiger partial charge in [-0.25, -0.2) is 0 Å². The topological polar surface area (TPSA) is 62.3 Å². The van der Waals surface area contributed by atoms with Crippen molar-refractivity contribution in [3.8, 4) is 5.75 Å². The first-order valence-electron chi connectivity index (χ1n) is 10.0. The van der Waals surface area contributed by atoms with E-state index in [0.29, 0.717) is 52.4 Å².